The molecule has 162 valence electrons. The van der Waals surface area contributed by atoms with Crippen molar-refractivity contribution in [2.75, 3.05) is 6.61 Å². The van der Waals surface area contributed by atoms with E-state index in [9.17, 15) is 0 Å². The monoisotopic (exact) mass is 424 g/mol. The molecule has 5 rings (SSSR count). The van der Waals surface area contributed by atoms with Gasteiger partial charge in [-0.2, -0.15) is 0 Å². The Morgan fingerprint density at radius 3 is 2.16 bits per heavy atom. The summed E-state index contributed by atoms with van der Waals surface area (Å²) in [4.78, 5) is 0. The second kappa shape index (κ2) is 9.05. The fraction of sp³-hybridized carbons (Fsp3) is 0.241. The molecule has 0 N–H and O–H groups in total. The molecule has 1 heterocycles. The number of hydrogen-bond acceptors (Lipinski definition) is 3. The van der Waals surface area contributed by atoms with Crippen LogP contribution in [-0.4, -0.2) is 18.8 Å². The van der Waals surface area contributed by atoms with Gasteiger partial charge in [-0.3, -0.25) is 0 Å². The summed E-state index contributed by atoms with van der Waals surface area (Å²) in [5.74, 6) is 1.71. The van der Waals surface area contributed by atoms with E-state index in [0.717, 1.165) is 17.9 Å². The molecule has 4 aromatic carbocycles. The van der Waals surface area contributed by atoms with Crippen molar-refractivity contribution in [3.05, 3.63) is 108 Å². The lowest BCUT2D eigenvalue weighted by Crippen LogP contribution is -2.32. The van der Waals surface area contributed by atoms with Gasteiger partial charge in [0.1, 0.15) is 30.3 Å². The Balaban J connectivity index is 1.39. The van der Waals surface area contributed by atoms with Gasteiger partial charge in [0, 0.05) is 6.42 Å². The maximum absolute atomic E-state index is 6.56. The molecule has 0 radical (unpaired) electrons. The summed E-state index contributed by atoms with van der Waals surface area (Å²) in [6, 6.07) is 31.2. The van der Waals surface area contributed by atoms with E-state index in [2.05, 4.69) is 80.6 Å². The van der Waals surface area contributed by atoms with Crippen molar-refractivity contribution in [1.82, 2.24) is 0 Å². The number of aryl methyl sites for hydroxylation is 2. The average molecular weight is 425 g/mol. The molecule has 0 aliphatic carbocycles. The molecule has 4 aromatic rings. The first-order chi connectivity index (χ1) is 15.7. The van der Waals surface area contributed by atoms with E-state index in [1.807, 2.05) is 24.3 Å². The Bertz CT molecular complexity index is 1180. The third-order valence-corrected chi connectivity index (χ3v) is 6.11. The first-order valence-corrected chi connectivity index (χ1v) is 11.2. The van der Waals surface area contributed by atoms with Gasteiger partial charge in [0.2, 0.25) is 0 Å². The number of benzene rings is 4. The lowest BCUT2D eigenvalue weighted by molar-refractivity contribution is -0.0103. The molecular weight excluding hydrogens is 396 g/mol. The average Bonchev–Trinajstić information content (AvgIpc) is 3.22. The van der Waals surface area contributed by atoms with Crippen LogP contribution in [-0.2, 0) is 4.74 Å². The van der Waals surface area contributed by atoms with Gasteiger partial charge in [-0.05, 0) is 54.4 Å². The zero-order chi connectivity index (χ0) is 21.9. The largest absolute Gasteiger partial charge is 0.491 e. The zero-order valence-corrected chi connectivity index (χ0v) is 18.5. The van der Waals surface area contributed by atoms with E-state index >= 15 is 0 Å². The predicted octanol–water partition coefficient (Wildman–Crippen LogP) is 6.81. The number of hydrogen-bond donors (Lipinski definition) is 0. The van der Waals surface area contributed by atoms with Gasteiger partial charge in [-0.25, -0.2) is 0 Å². The molecule has 32 heavy (non-hydrogen) atoms. The summed E-state index contributed by atoms with van der Waals surface area (Å²) in [6.45, 7) is 4.60. The molecular formula is C29H28O3. The molecule has 0 bridgehead atoms. The first-order valence-electron chi connectivity index (χ1n) is 11.2. The fourth-order valence-corrected chi connectivity index (χ4v) is 4.32. The van der Waals surface area contributed by atoms with Gasteiger partial charge in [-0.15, -0.1) is 0 Å². The molecule has 1 fully saturated rings. The Hall–Kier alpha value is -3.30. The molecule has 3 heteroatoms. The molecule has 0 amide bonds. The van der Waals surface area contributed by atoms with Gasteiger partial charge in [-0.1, -0.05) is 77.9 Å². The van der Waals surface area contributed by atoms with Crippen molar-refractivity contribution in [3.63, 3.8) is 0 Å². The standard InChI is InChI=1S/C29H28O3/c1-20-10-14-23(15-11-20)30-19-29-28(31-24-16-12-21(2)13-17-24)18-27(32-29)26-9-5-7-22-6-3-4-8-25(22)26/h3-17,27-29H,18-19H2,1-2H3/t27-,28-,29+/m0/s1. The van der Waals surface area contributed by atoms with Gasteiger partial charge >= 0.3 is 0 Å². The van der Waals surface area contributed by atoms with Crippen molar-refractivity contribution in [3.8, 4) is 11.5 Å². The molecule has 3 atom stereocenters. The topological polar surface area (TPSA) is 27.7 Å². The van der Waals surface area contributed by atoms with Crippen LogP contribution in [0.25, 0.3) is 10.8 Å². The number of fused-ring (bicyclic) bond motifs is 1. The molecule has 1 aliphatic heterocycles. The first kappa shape index (κ1) is 20.6. The van der Waals surface area contributed by atoms with Gasteiger partial charge in [0.15, 0.2) is 0 Å². The van der Waals surface area contributed by atoms with Crippen LogP contribution in [0.5, 0.6) is 11.5 Å². The minimum absolute atomic E-state index is 0.0387. The minimum atomic E-state index is -0.165. The van der Waals surface area contributed by atoms with Crippen molar-refractivity contribution < 1.29 is 14.2 Å². The SMILES string of the molecule is Cc1ccc(OC[C@H]2O[C@H](c3cccc4ccccc34)C[C@@H]2Oc2ccc(C)cc2)cc1. The summed E-state index contributed by atoms with van der Waals surface area (Å²) in [5.41, 5.74) is 3.64. The van der Waals surface area contributed by atoms with Crippen molar-refractivity contribution in [2.24, 2.45) is 0 Å². The van der Waals surface area contributed by atoms with E-state index in [-0.39, 0.29) is 18.3 Å². The minimum Gasteiger partial charge on any atom is -0.491 e. The molecule has 0 aromatic heterocycles. The molecule has 3 nitrogen and oxygen atoms in total. The molecule has 0 unspecified atom stereocenters. The zero-order valence-electron chi connectivity index (χ0n) is 18.5. The normalized spacial score (nSPS) is 20.4. The van der Waals surface area contributed by atoms with E-state index < -0.39 is 0 Å². The van der Waals surface area contributed by atoms with Crippen LogP contribution < -0.4 is 9.47 Å². The molecule has 1 aliphatic rings. The summed E-state index contributed by atoms with van der Waals surface area (Å²) in [5, 5.41) is 2.46. The predicted molar refractivity (Wildman–Crippen MR) is 128 cm³/mol. The van der Waals surface area contributed by atoms with E-state index in [1.54, 1.807) is 0 Å². The van der Waals surface area contributed by atoms with Crippen LogP contribution in [0.1, 0.15) is 29.2 Å². The number of ether oxygens (including phenoxy) is 3. The van der Waals surface area contributed by atoms with Crippen molar-refractivity contribution in [2.45, 2.75) is 38.6 Å². The summed E-state index contributed by atoms with van der Waals surface area (Å²) < 4.78 is 19.1. The second-order valence-electron chi connectivity index (χ2n) is 8.56. The Kier molecular flexibility index (Phi) is 5.83. The quantitative estimate of drug-likeness (QED) is 0.340. The third-order valence-electron chi connectivity index (χ3n) is 6.11. The maximum Gasteiger partial charge on any atom is 0.131 e. The van der Waals surface area contributed by atoms with Crippen molar-refractivity contribution >= 4 is 10.8 Å². The Labute approximate surface area is 189 Å². The van der Waals surface area contributed by atoms with E-state index in [0.29, 0.717) is 6.61 Å². The van der Waals surface area contributed by atoms with Crippen LogP contribution in [0.3, 0.4) is 0 Å². The van der Waals surface area contributed by atoms with Crippen LogP contribution in [0, 0.1) is 13.8 Å². The van der Waals surface area contributed by atoms with Crippen LogP contribution >= 0.6 is 0 Å². The van der Waals surface area contributed by atoms with E-state index in [4.69, 9.17) is 14.2 Å². The highest BCUT2D eigenvalue weighted by atomic mass is 16.6. The summed E-state index contributed by atoms with van der Waals surface area (Å²) in [7, 11) is 0. The van der Waals surface area contributed by atoms with Gasteiger partial charge in [0.05, 0.1) is 6.10 Å². The molecule has 0 spiro atoms. The van der Waals surface area contributed by atoms with Crippen molar-refractivity contribution in [1.29, 1.82) is 0 Å². The van der Waals surface area contributed by atoms with E-state index in [1.165, 1.54) is 27.5 Å². The second-order valence-corrected chi connectivity index (χ2v) is 8.56. The Morgan fingerprint density at radius 1 is 0.750 bits per heavy atom. The highest BCUT2D eigenvalue weighted by molar-refractivity contribution is 5.86. The molecule has 1 saturated heterocycles. The molecule has 0 saturated carbocycles. The smallest absolute Gasteiger partial charge is 0.131 e. The number of rotatable bonds is 6. The third kappa shape index (κ3) is 4.49. The van der Waals surface area contributed by atoms with Gasteiger partial charge < -0.3 is 14.2 Å². The lowest BCUT2D eigenvalue weighted by atomic mass is 9.98. The summed E-state index contributed by atoms with van der Waals surface area (Å²) >= 11 is 0. The highest BCUT2D eigenvalue weighted by Gasteiger charge is 2.38. The summed E-state index contributed by atoms with van der Waals surface area (Å²) in [6.07, 6.45) is 0.487. The van der Waals surface area contributed by atoms with Gasteiger partial charge in [0.25, 0.3) is 0 Å². The van der Waals surface area contributed by atoms with Crippen LogP contribution in [0.15, 0.2) is 91.0 Å². The fourth-order valence-electron chi connectivity index (χ4n) is 4.32. The van der Waals surface area contributed by atoms with Crippen LogP contribution in [0.2, 0.25) is 0 Å². The maximum atomic E-state index is 6.56. The highest BCUT2D eigenvalue weighted by Crippen LogP contribution is 2.38. The Morgan fingerprint density at radius 2 is 1.41 bits per heavy atom. The van der Waals surface area contributed by atoms with Crippen LogP contribution in [0.4, 0.5) is 0 Å². The lowest BCUT2D eigenvalue weighted by Gasteiger charge is -2.20.